The molecule has 0 amide bonds. The number of rotatable bonds is 8. The van der Waals surface area contributed by atoms with E-state index in [2.05, 4.69) is 5.32 Å². The zero-order chi connectivity index (χ0) is 28.2. The number of ketones is 1. The van der Waals surface area contributed by atoms with Crippen molar-refractivity contribution < 1.29 is 19.1 Å². The lowest BCUT2D eigenvalue weighted by atomic mass is 9.71. The van der Waals surface area contributed by atoms with Crippen LogP contribution in [0.4, 0.5) is 5.69 Å². The lowest BCUT2D eigenvalue weighted by Gasteiger charge is -2.37. The van der Waals surface area contributed by atoms with Crippen molar-refractivity contribution in [1.82, 2.24) is 5.32 Å². The van der Waals surface area contributed by atoms with E-state index in [9.17, 15) is 9.59 Å². The molecule has 2 atom stereocenters. The Hall–Kier alpha value is -4.32. The molecule has 0 saturated carbocycles. The fourth-order valence-electron chi connectivity index (χ4n) is 5.70. The number of carbonyl (C=O) groups is 2. The molecule has 3 aromatic carbocycles. The van der Waals surface area contributed by atoms with Crippen molar-refractivity contribution in [1.29, 1.82) is 0 Å². The number of anilines is 1. The van der Waals surface area contributed by atoms with Crippen LogP contribution in [0.3, 0.4) is 0 Å². The first-order valence-electron chi connectivity index (χ1n) is 13.7. The van der Waals surface area contributed by atoms with Crippen molar-refractivity contribution in [3.8, 4) is 5.75 Å². The molecule has 206 valence electrons. The van der Waals surface area contributed by atoms with Crippen LogP contribution in [0, 0.1) is 0 Å². The number of hydrogen-bond acceptors (Lipinski definition) is 6. The van der Waals surface area contributed by atoms with Gasteiger partial charge in [0.15, 0.2) is 5.78 Å². The summed E-state index contributed by atoms with van der Waals surface area (Å²) in [6.07, 6.45) is 1.70. The molecule has 1 N–H and O–H groups in total. The summed E-state index contributed by atoms with van der Waals surface area (Å²) < 4.78 is 11.1. The number of benzene rings is 3. The highest BCUT2D eigenvalue weighted by molar-refractivity contribution is 6.04. The number of dihydropyridines is 1. The zero-order valence-corrected chi connectivity index (χ0v) is 23.6. The quantitative estimate of drug-likeness (QED) is 0.361. The predicted molar refractivity (Wildman–Crippen MR) is 157 cm³/mol. The Balaban J connectivity index is 1.46. The second-order valence-corrected chi connectivity index (χ2v) is 10.6. The molecular weight excluding hydrogens is 500 g/mol. The van der Waals surface area contributed by atoms with E-state index >= 15 is 0 Å². The van der Waals surface area contributed by atoms with Gasteiger partial charge >= 0.3 is 5.97 Å². The summed E-state index contributed by atoms with van der Waals surface area (Å²) in [4.78, 5) is 29.5. The third-order valence-corrected chi connectivity index (χ3v) is 7.84. The van der Waals surface area contributed by atoms with Gasteiger partial charge in [-0.1, -0.05) is 54.6 Å². The molecule has 2 aliphatic rings. The number of hydrogen-bond donors (Lipinski definition) is 1. The van der Waals surface area contributed by atoms with Gasteiger partial charge in [0.1, 0.15) is 5.75 Å². The molecular formula is C34H36N2O4. The molecule has 0 aromatic heterocycles. The van der Waals surface area contributed by atoms with Gasteiger partial charge in [-0.2, -0.15) is 0 Å². The number of Topliss-reactive ketones (excluding diaryl/α,β-unsaturated/α-hetero) is 1. The number of ether oxygens (including phenoxy) is 2. The molecule has 0 fully saturated rings. The average Bonchev–Trinajstić information content (AvgIpc) is 2.97. The van der Waals surface area contributed by atoms with E-state index in [1.807, 2.05) is 105 Å². The van der Waals surface area contributed by atoms with Gasteiger partial charge in [-0.3, -0.25) is 4.79 Å². The Bertz CT molecular complexity index is 1440. The number of allylic oxidation sites excluding steroid dienone is 3. The van der Waals surface area contributed by atoms with Crippen LogP contribution in [0.5, 0.6) is 5.75 Å². The summed E-state index contributed by atoms with van der Waals surface area (Å²) in [7, 11) is 5.63. The van der Waals surface area contributed by atoms with Gasteiger partial charge in [0.25, 0.3) is 0 Å². The van der Waals surface area contributed by atoms with Gasteiger partial charge in [0.05, 0.1) is 19.3 Å². The number of nitrogens with one attached hydrogen (secondary N) is 1. The van der Waals surface area contributed by atoms with Crippen LogP contribution in [0.25, 0.3) is 0 Å². The van der Waals surface area contributed by atoms with Crippen molar-refractivity contribution in [2.75, 3.05) is 32.7 Å². The molecule has 5 rings (SSSR count). The largest absolute Gasteiger partial charge is 0.497 e. The third kappa shape index (κ3) is 5.67. The first kappa shape index (κ1) is 27.3. The van der Waals surface area contributed by atoms with Gasteiger partial charge in [-0.05, 0) is 60.2 Å². The van der Waals surface area contributed by atoms with E-state index in [0.29, 0.717) is 30.4 Å². The van der Waals surface area contributed by atoms with Gasteiger partial charge < -0.3 is 19.7 Å². The standard InChI is InChI=1S/C34H36N2O4/c1-22-31(34(38)40-19-18-23-8-6-5-7-9-23)32(25-10-14-27(15-11-25)36(2)3)33-29(35-22)20-26(21-30(33)37)24-12-16-28(39-4)17-13-24/h5-17,26,32,35H,18-21H2,1-4H3. The van der Waals surface area contributed by atoms with Gasteiger partial charge in [0.2, 0.25) is 0 Å². The average molecular weight is 537 g/mol. The Morgan fingerprint density at radius 3 is 2.25 bits per heavy atom. The fraction of sp³-hybridized carbons (Fsp3) is 0.294. The molecule has 1 heterocycles. The molecule has 0 bridgehead atoms. The summed E-state index contributed by atoms with van der Waals surface area (Å²) in [5.74, 6) is 0.0178. The van der Waals surface area contributed by atoms with Crippen molar-refractivity contribution in [2.24, 2.45) is 0 Å². The van der Waals surface area contributed by atoms with Crippen molar-refractivity contribution in [2.45, 2.75) is 38.0 Å². The normalized spacial score (nSPS) is 18.6. The van der Waals surface area contributed by atoms with Crippen molar-refractivity contribution >= 4 is 17.4 Å². The predicted octanol–water partition coefficient (Wildman–Crippen LogP) is 5.91. The Morgan fingerprint density at radius 2 is 1.60 bits per heavy atom. The van der Waals surface area contributed by atoms with E-state index in [4.69, 9.17) is 9.47 Å². The van der Waals surface area contributed by atoms with E-state index in [1.165, 1.54) is 0 Å². The highest BCUT2D eigenvalue weighted by Gasteiger charge is 2.41. The highest BCUT2D eigenvalue weighted by Crippen LogP contribution is 2.46. The molecule has 3 aromatic rings. The lowest BCUT2D eigenvalue weighted by molar-refractivity contribution is -0.139. The first-order chi connectivity index (χ1) is 19.4. The second kappa shape index (κ2) is 11.8. The van der Waals surface area contributed by atoms with E-state index in [1.54, 1.807) is 7.11 Å². The van der Waals surface area contributed by atoms with Crippen molar-refractivity contribution in [3.63, 3.8) is 0 Å². The van der Waals surface area contributed by atoms with Crippen LogP contribution in [0.2, 0.25) is 0 Å². The van der Waals surface area contributed by atoms with E-state index in [0.717, 1.165) is 39.5 Å². The van der Waals surface area contributed by atoms with Crippen LogP contribution in [0.15, 0.2) is 101 Å². The fourth-order valence-corrected chi connectivity index (χ4v) is 5.70. The molecule has 0 saturated heterocycles. The Morgan fingerprint density at radius 1 is 0.925 bits per heavy atom. The minimum Gasteiger partial charge on any atom is -0.497 e. The van der Waals surface area contributed by atoms with Crippen LogP contribution < -0.4 is 15.0 Å². The maximum Gasteiger partial charge on any atom is 0.336 e. The van der Waals surface area contributed by atoms with E-state index in [-0.39, 0.29) is 24.3 Å². The molecule has 1 aliphatic carbocycles. The van der Waals surface area contributed by atoms with Crippen LogP contribution in [0.1, 0.15) is 48.3 Å². The lowest BCUT2D eigenvalue weighted by Crippen LogP contribution is -2.36. The zero-order valence-electron chi connectivity index (χ0n) is 23.6. The molecule has 0 radical (unpaired) electrons. The number of esters is 1. The minimum atomic E-state index is -0.485. The maximum absolute atomic E-state index is 13.9. The summed E-state index contributed by atoms with van der Waals surface area (Å²) in [5.41, 5.74) is 6.95. The smallest absolute Gasteiger partial charge is 0.336 e. The molecule has 6 nitrogen and oxygen atoms in total. The minimum absolute atomic E-state index is 0.0496. The van der Waals surface area contributed by atoms with Gasteiger partial charge in [-0.15, -0.1) is 0 Å². The topological polar surface area (TPSA) is 67.9 Å². The van der Waals surface area contributed by atoms with Gasteiger partial charge in [-0.25, -0.2) is 4.79 Å². The second-order valence-electron chi connectivity index (χ2n) is 10.6. The third-order valence-electron chi connectivity index (χ3n) is 7.84. The summed E-state index contributed by atoms with van der Waals surface area (Å²) in [6.45, 7) is 2.17. The first-order valence-corrected chi connectivity index (χ1v) is 13.7. The molecule has 6 heteroatoms. The number of methoxy groups -OCH3 is 1. The SMILES string of the molecule is COc1ccc(C2CC(=O)C3=C(C2)NC(C)=C(C(=O)OCCc2ccccc2)C3c2ccc(N(C)C)cc2)cc1. The number of carbonyl (C=O) groups excluding carboxylic acids is 2. The summed E-state index contributed by atoms with van der Waals surface area (Å²) in [5, 5.41) is 3.44. The Kier molecular flexibility index (Phi) is 8.06. The van der Waals surface area contributed by atoms with Gasteiger partial charge in [0, 0.05) is 55.5 Å². The molecule has 1 aliphatic heterocycles. The van der Waals surface area contributed by atoms with Crippen LogP contribution in [-0.2, 0) is 20.7 Å². The maximum atomic E-state index is 13.9. The molecule has 2 unspecified atom stereocenters. The molecule has 40 heavy (non-hydrogen) atoms. The monoisotopic (exact) mass is 536 g/mol. The summed E-state index contributed by atoms with van der Waals surface area (Å²) >= 11 is 0. The van der Waals surface area contributed by atoms with Crippen molar-refractivity contribution in [3.05, 3.63) is 118 Å². The summed E-state index contributed by atoms with van der Waals surface area (Å²) in [6, 6.07) is 26.0. The number of nitrogens with zero attached hydrogens (tertiary/aromatic N) is 1. The Labute approximate surface area is 236 Å². The van der Waals surface area contributed by atoms with E-state index < -0.39 is 5.92 Å². The molecule has 0 spiro atoms. The van der Waals surface area contributed by atoms with Crippen LogP contribution in [-0.4, -0.2) is 39.6 Å². The van der Waals surface area contributed by atoms with Crippen LogP contribution >= 0.6 is 0 Å². The highest BCUT2D eigenvalue weighted by atomic mass is 16.5.